The van der Waals surface area contributed by atoms with Crippen molar-refractivity contribution in [3.63, 3.8) is 0 Å². The SMILES string of the molecule is O=C(CCCCCc1ccccc1)Cc1nnc(-c2cccc(Br)n2)s1. The highest BCUT2D eigenvalue weighted by Crippen LogP contribution is 2.23. The van der Waals surface area contributed by atoms with Gasteiger partial charge in [0.15, 0.2) is 5.01 Å². The first-order valence-electron chi connectivity index (χ1n) is 8.71. The maximum atomic E-state index is 12.2. The van der Waals surface area contributed by atoms with Crippen LogP contribution in [0.5, 0.6) is 0 Å². The summed E-state index contributed by atoms with van der Waals surface area (Å²) in [6.07, 6.45) is 5.18. The van der Waals surface area contributed by atoms with Crippen molar-refractivity contribution < 1.29 is 4.79 Å². The molecule has 4 nitrogen and oxygen atoms in total. The molecule has 6 heteroatoms. The third-order valence-electron chi connectivity index (χ3n) is 4.01. The summed E-state index contributed by atoms with van der Waals surface area (Å²) < 4.78 is 0.762. The van der Waals surface area contributed by atoms with Crippen LogP contribution in [0.15, 0.2) is 53.1 Å². The van der Waals surface area contributed by atoms with Crippen LogP contribution in [-0.4, -0.2) is 21.0 Å². The monoisotopic (exact) mass is 429 g/mol. The highest BCUT2D eigenvalue weighted by molar-refractivity contribution is 9.10. The number of nitrogens with zero attached hydrogens (tertiary/aromatic N) is 3. The van der Waals surface area contributed by atoms with Crippen molar-refractivity contribution in [3.05, 3.63) is 63.7 Å². The number of hydrogen-bond acceptors (Lipinski definition) is 5. The number of halogens is 1. The van der Waals surface area contributed by atoms with E-state index in [-0.39, 0.29) is 5.78 Å². The van der Waals surface area contributed by atoms with Gasteiger partial charge in [-0.25, -0.2) is 4.98 Å². The minimum Gasteiger partial charge on any atom is -0.299 e. The van der Waals surface area contributed by atoms with Gasteiger partial charge in [-0.1, -0.05) is 54.2 Å². The minimum absolute atomic E-state index is 0.231. The van der Waals surface area contributed by atoms with E-state index in [0.29, 0.717) is 12.8 Å². The number of hydrogen-bond donors (Lipinski definition) is 0. The fraction of sp³-hybridized carbons (Fsp3) is 0.300. The Kier molecular flexibility index (Phi) is 7.03. The lowest BCUT2D eigenvalue weighted by Gasteiger charge is -2.01. The number of pyridine rings is 1. The van der Waals surface area contributed by atoms with Gasteiger partial charge in [-0.15, -0.1) is 10.2 Å². The van der Waals surface area contributed by atoms with E-state index in [2.05, 4.69) is 55.4 Å². The molecule has 0 atom stereocenters. The second-order valence-corrected chi connectivity index (χ2v) is 7.98. The second-order valence-electron chi connectivity index (χ2n) is 6.11. The quantitative estimate of drug-likeness (QED) is 0.343. The zero-order valence-corrected chi connectivity index (χ0v) is 16.8. The van der Waals surface area contributed by atoms with E-state index in [1.807, 2.05) is 24.3 Å². The number of aryl methyl sites for hydroxylation is 1. The molecule has 2 aromatic heterocycles. The van der Waals surface area contributed by atoms with Gasteiger partial charge in [0.25, 0.3) is 0 Å². The lowest BCUT2D eigenvalue weighted by Crippen LogP contribution is -2.02. The molecular weight excluding hydrogens is 410 g/mol. The van der Waals surface area contributed by atoms with E-state index in [9.17, 15) is 4.79 Å². The summed E-state index contributed by atoms with van der Waals surface area (Å²) >= 11 is 4.79. The zero-order valence-electron chi connectivity index (χ0n) is 14.4. The molecule has 0 radical (unpaired) electrons. The molecule has 2 heterocycles. The maximum absolute atomic E-state index is 12.2. The highest BCUT2D eigenvalue weighted by atomic mass is 79.9. The van der Waals surface area contributed by atoms with Crippen molar-refractivity contribution in [1.29, 1.82) is 0 Å². The molecule has 1 aromatic carbocycles. The van der Waals surface area contributed by atoms with Crippen LogP contribution in [0.4, 0.5) is 0 Å². The van der Waals surface area contributed by atoms with E-state index >= 15 is 0 Å². The molecule has 3 aromatic rings. The predicted octanol–water partition coefficient (Wildman–Crippen LogP) is 5.28. The fourth-order valence-electron chi connectivity index (χ4n) is 2.69. The number of ketones is 1. The van der Waals surface area contributed by atoms with Crippen LogP contribution in [-0.2, 0) is 17.6 Å². The van der Waals surface area contributed by atoms with Crippen molar-refractivity contribution in [1.82, 2.24) is 15.2 Å². The van der Waals surface area contributed by atoms with Gasteiger partial charge in [-0.3, -0.25) is 4.79 Å². The topological polar surface area (TPSA) is 55.7 Å². The average Bonchev–Trinajstić information content (AvgIpc) is 3.11. The second kappa shape index (κ2) is 9.69. The number of rotatable bonds is 9. The van der Waals surface area contributed by atoms with Gasteiger partial charge in [-0.2, -0.15) is 0 Å². The van der Waals surface area contributed by atoms with Crippen LogP contribution in [0.25, 0.3) is 10.7 Å². The number of Topliss-reactive ketones (excluding diaryl/α,β-unsaturated/α-hetero) is 1. The Balaban J connectivity index is 1.40. The van der Waals surface area contributed by atoms with Crippen LogP contribution in [0.3, 0.4) is 0 Å². The van der Waals surface area contributed by atoms with Crippen LogP contribution < -0.4 is 0 Å². The van der Waals surface area contributed by atoms with Crippen LogP contribution in [0.1, 0.15) is 36.3 Å². The Labute approximate surface area is 165 Å². The molecule has 0 N–H and O–H groups in total. The van der Waals surface area contributed by atoms with E-state index in [0.717, 1.165) is 46.0 Å². The first-order valence-corrected chi connectivity index (χ1v) is 10.3. The van der Waals surface area contributed by atoms with Crippen molar-refractivity contribution in [2.75, 3.05) is 0 Å². The smallest absolute Gasteiger partial charge is 0.166 e. The van der Waals surface area contributed by atoms with Gasteiger partial charge in [0.2, 0.25) is 0 Å². The summed E-state index contributed by atoms with van der Waals surface area (Å²) in [5, 5.41) is 9.80. The number of aromatic nitrogens is 3. The first kappa shape index (κ1) is 18.9. The molecular formula is C20H20BrN3OS. The Morgan fingerprint density at radius 3 is 2.62 bits per heavy atom. The summed E-state index contributed by atoms with van der Waals surface area (Å²) in [6.45, 7) is 0. The van der Waals surface area contributed by atoms with E-state index in [1.165, 1.54) is 16.9 Å². The van der Waals surface area contributed by atoms with Crippen molar-refractivity contribution in [2.24, 2.45) is 0 Å². The predicted molar refractivity (Wildman–Crippen MR) is 108 cm³/mol. The van der Waals surface area contributed by atoms with Crippen LogP contribution >= 0.6 is 27.3 Å². The summed E-state index contributed by atoms with van der Waals surface area (Å²) in [5.74, 6) is 0.231. The Hall–Kier alpha value is -1.92. The number of carbonyl (C=O) groups is 1. The maximum Gasteiger partial charge on any atom is 0.166 e. The first-order chi connectivity index (χ1) is 12.7. The lowest BCUT2D eigenvalue weighted by atomic mass is 10.0. The molecule has 0 aliphatic heterocycles. The van der Waals surface area contributed by atoms with E-state index in [1.54, 1.807) is 0 Å². The van der Waals surface area contributed by atoms with E-state index in [4.69, 9.17) is 0 Å². The van der Waals surface area contributed by atoms with E-state index < -0.39 is 0 Å². The van der Waals surface area contributed by atoms with Crippen molar-refractivity contribution in [3.8, 4) is 10.7 Å². The van der Waals surface area contributed by atoms with Crippen molar-refractivity contribution in [2.45, 2.75) is 38.5 Å². The van der Waals surface area contributed by atoms with Gasteiger partial charge in [-0.05, 0) is 52.9 Å². The Morgan fingerprint density at radius 2 is 1.81 bits per heavy atom. The molecule has 134 valence electrons. The normalized spacial score (nSPS) is 10.8. The average molecular weight is 430 g/mol. The molecule has 0 saturated carbocycles. The molecule has 0 spiro atoms. The van der Waals surface area contributed by atoms with Crippen LogP contribution in [0, 0.1) is 0 Å². The molecule has 26 heavy (non-hydrogen) atoms. The highest BCUT2D eigenvalue weighted by Gasteiger charge is 2.11. The number of carbonyl (C=O) groups excluding carboxylic acids is 1. The summed E-state index contributed by atoms with van der Waals surface area (Å²) in [4.78, 5) is 16.5. The molecule has 3 rings (SSSR count). The van der Waals surface area contributed by atoms with Gasteiger partial charge in [0, 0.05) is 6.42 Å². The molecule has 0 fully saturated rings. The fourth-order valence-corrected chi connectivity index (χ4v) is 3.87. The number of benzene rings is 1. The summed E-state index contributed by atoms with van der Waals surface area (Å²) in [7, 11) is 0. The largest absolute Gasteiger partial charge is 0.299 e. The molecule has 0 aliphatic rings. The molecule has 0 aliphatic carbocycles. The van der Waals surface area contributed by atoms with Gasteiger partial charge < -0.3 is 0 Å². The minimum atomic E-state index is 0.231. The number of unbranched alkanes of at least 4 members (excludes halogenated alkanes) is 2. The Bertz CT molecular complexity index is 851. The third kappa shape index (κ3) is 5.81. The van der Waals surface area contributed by atoms with Crippen LogP contribution in [0.2, 0.25) is 0 Å². The molecule has 0 amide bonds. The summed E-state index contributed by atoms with van der Waals surface area (Å²) in [5.41, 5.74) is 2.14. The van der Waals surface area contributed by atoms with Gasteiger partial charge >= 0.3 is 0 Å². The molecule has 0 unspecified atom stereocenters. The van der Waals surface area contributed by atoms with Gasteiger partial charge in [0.1, 0.15) is 21.1 Å². The standard InChI is InChI=1S/C20H20BrN3OS/c21-18-13-7-12-17(22-18)20-24-23-19(26-20)14-16(25)11-6-2-5-10-15-8-3-1-4-9-15/h1,3-4,7-9,12-13H,2,5-6,10-11,14H2. The van der Waals surface area contributed by atoms with Gasteiger partial charge in [0.05, 0.1) is 6.42 Å². The summed E-state index contributed by atoms with van der Waals surface area (Å²) in [6, 6.07) is 16.1. The molecule has 0 bridgehead atoms. The zero-order chi connectivity index (χ0) is 18.2. The molecule has 0 saturated heterocycles. The lowest BCUT2D eigenvalue weighted by molar-refractivity contribution is -0.118. The third-order valence-corrected chi connectivity index (χ3v) is 5.40. The van der Waals surface area contributed by atoms with Crippen molar-refractivity contribution >= 4 is 33.0 Å². The Morgan fingerprint density at radius 1 is 0.962 bits per heavy atom.